The van der Waals surface area contributed by atoms with E-state index in [1.165, 1.54) is 7.11 Å². The van der Waals surface area contributed by atoms with Crippen LogP contribution in [0.1, 0.15) is 11.1 Å². The lowest BCUT2D eigenvalue weighted by atomic mass is 10.1. The number of hydrogen-bond donors (Lipinski definition) is 2. The number of fused-ring (bicyclic) bond motifs is 1. The Kier molecular flexibility index (Phi) is 2.36. The first kappa shape index (κ1) is 10.6. The van der Waals surface area contributed by atoms with Crippen LogP contribution in [-0.4, -0.2) is 17.5 Å². The second-order valence-corrected chi connectivity index (χ2v) is 3.25. The number of aliphatic hydroxyl groups excluding tert-OH is 1. The molecule has 1 aliphatic rings. The third-order valence-electron chi connectivity index (χ3n) is 2.59. The van der Waals surface area contributed by atoms with Gasteiger partial charge in [-0.2, -0.15) is 4.89 Å². The van der Waals surface area contributed by atoms with Crippen LogP contribution in [-0.2, 0) is 15.4 Å². The maximum Gasteiger partial charge on any atom is 0.435 e. The van der Waals surface area contributed by atoms with E-state index < -0.39 is 11.5 Å². The van der Waals surface area contributed by atoms with Crippen LogP contribution in [0.15, 0.2) is 30.0 Å². The fourth-order valence-corrected chi connectivity index (χ4v) is 1.83. The summed E-state index contributed by atoms with van der Waals surface area (Å²) in [7, 11) is 1.25. The van der Waals surface area contributed by atoms with Gasteiger partial charge in [0.1, 0.15) is 0 Å². The lowest BCUT2D eigenvalue weighted by Crippen LogP contribution is -2.31. The standard InChI is InChI=1S/C10H8N2O4/c1-15-10(16-14)7-5-3-2-4-6(7)8(12-11)9(10)13/h2-5H,1H3,(H-,13,14)/p+1. The zero-order valence-corrected chi connectivity index (χ0v) is 8.41. The third-order valence-corrected chi connectivity index (χ3v) is 2.59. The van der Waals surface area contributed by atoms with Crippen LogP contribution in [0.5, 0.6) is 0 Å². The zero-order valence-electron chi connectivity index (χ0n) is 8.41. The van der Waals surface area contributed by atoms with E-state index in [9.17, 15) is 5.11 Å². The average molecular weight is 221 g/mol. The SMILES string of the molecule is COC1(OO)C(O)=C([N+]#N)c2ccccc21. The zero-order chi connectivity index (χ0) is 11.8. The quantitative estimate of drug-likeness (QED) is 0.345. The highest BCUT2D eigenvalue weighted by atomic mass is 17.1. The Balaban J connectivity index is 2.76. The number of methoxy groups -OCH3 is 1. The van der Waals surface area contributed by atoms with Gasteiger partial charge in [0.25, 0.3) is 11.5 Å². The van der Waals surface area contributed by atoms with E-state index in [1.54, 1.807) is 24.3 Å². The summed E-state index contributed by atoms with van der Waals surface area (Å²) >= 11 is 0. The maximum absolute atomic E-state index is 9.84. The molecule has 0 amide bonds. The van der Waals surface area contributed by atoms with Gasteiger partial charge in [-0.15, -0.1) is 0 Å². The van der Waals surface area contributed by atoms with E-state index in [0.717, 1.165) is 0 Å². The number of diazo groups is 1. The second-order valence-electron chi connectivity index (χ2n) is 3.25. The molecule has 1 aromatic carbocycles. The van der Waals surface area contributed by atoms with Crippen molar-refractivity contribution in [2.45, 2.75) is 5.79 Å². The van der Waals surface area contributed by atoms with E-state index in [-0.39, 0.29) is 5.70 Å². The van der Waals surface area contributed by atoms with Crippen molar-refractivity contribution in [3.63, 3.8) is 0 Å². The monoisotopic (exact) mass is 221 g/mol. The minimum Gasteiger partial charge on any atom is -0.501 e. The summed E-state index contributed by atoms with van der Waals surface area (Å²) in [5.74, 6) is -2.32. The van der Waals surface area contributed by atoms with Gasteiger partial charge >= 0.3 is 5.70 Å². The summed E-state index contributed by atoms with van der Waals surface area (Å²) < 4.78 is 4.97. The van der Waals surface area contributed by atoms with Crippen molar-refractivity contribution in [1.82, 2.24) is 0 Å². The minimum absolute atomic E-state index is 0.0912. The molecule has 16 heavy (non-hydrogen) atoms. The van der Waals surface area contributed by atoms with E-state index in [2.05, 4.69) is 9.86 Å². The van der Waals surface area contributed by atoms with Crippen molar-refractivity contribution in [3.8, 4) is 0 Å². The largest absolute Gasteiger partial charge is 0.501 e. The van der Waals surface area contributed by atoms with Gasteiger partial charge in [-0.3, -0.25) is 0 Å². The molecular weight excluding hydrogens is 212 g/mol. The first-order chi connectivity index (χ1) is 7.71. The molecule has 6 heteroatoms. The van der Waals surface area contributed by atoms with Gasteiger partial charge in [-0.1, -0.05) is 18.2 Å². The lowest BCUT2D eigenvalue weighted by molar-refractivity contribution is -0.397. The number of hydrogen-bond acceptors (Lipinski definition) is 5. The van der Waals surface area contributed by atoms with Crippen molar-refractivity contribution in [2.24, 2.45) is 0 Å². The number of rotatable bonds is 2. The second kappa shape index (κ2) is 3.57. The predicted octanol–water partition coefficient (Wildman–Crippen LogP) is 2.07. The first-order valence-electron chi connectivity index (χ1n) is 4.47. The Labute approximate surface area is 90.9 Å². The summed E-state index contributed by atoms with van der Waals surface area (Å²) in [4.78, 5) is 7.18. The summed E-state index contributed by atoms with van der Waals surface area (Å²) in [5, 5.41) is 27.6. The van der Waals surface area contributed by atoms with Crippen LogP contribution < -0.4 is 0 Å². The highest BCUT2D eigenvalue weighted by molar-refractivity contribution is 5.80. The fourth-order valence-electron chi connectivity index (χ4n) is 1.83. The molecule has 0 bridgehead atoms. The number of nitrogens with zero attached hydrogens (tertiary/aromatic N) is 2. The predicted molar refractivity (Wildman–Crippen MR) is 53.5 cm³/mol. The molecule has 0 aromatic heterocycles. The van der Waals surface area contributed by atoms with Gasteiger partial charge in [0.2, 0.25) is 5.39 Å². The number of aliphatic hydroxyl groups is 1. The van der Waals surface area contributed by atoms with Gasteiger partial charge in [0.15, 0.2) is 4.98 Å². The molecule has 1 unspecified atom stereocenters. The third kappa shape index (κ3) is 1.07. The molecule has 0 spiro atoms. The van der Waals surface area contributed by atoms with Gasteiger partial charge in [-0.05, 0) is 6.07 Å². The summed E-state index contributed by atoms with van der Waals surface area (Å²) in [6, 6.07) is 6.57. The van der Waals surface area contributed by atoms with Crippen LogP contribution in [0.4, 0.5) is 0 Å². The number of ether oxygens (including phenoxy) is 1. The molecule has 2 rings (SSSR count). The topological polar surface area (TPSA) is 87.1 Å². The van der Waals surface area contributed by atoms with E-state index in [1.807, 2.05) is 0 Å². The smallest absolute Gasteiger partial charge is 0.435 e. The Morgan fingerprint density at radius 1 is 1.38 bits per heavy atom. The highest BCUT2D eigenvalue weighted by Gasteiger charge is 2.54. The van der Waals surface area contributed by atoms with Crippen molar-refractivity contribution in [3.05, 3.63) is 46.1 Å². The van der Waals surface area contributed by atoms with Crippen LogP contribution >= 0.6 is 0 Å². The average Bonchev–Trinajstić information content (AvgIpc) is 2.58. The molecule has 0 radical (unpaired) electrons. The first-order valence-corrected chi connectivity index (χ1v) is 4.47. The summed E-state index contributed by atoms with van der Waals surface area (Å²) in [6.07, 6.45) is 0. The molecule has 0 fully saturated rings. The Bertz CT molecular complexity index is 500. The summed E-state index contributed by atoms with van der Waals surface area (Å²) in [5.41, 5.74) is 0.704. The Morgan fingerprint density at radius 2 is 2.06 bits per heavy atom. The van der Waals surface area contributed by atoms with Crippen LogP contribution in [0.3, 0.4) is 0 Å². The molecule has 82 valence electrons. The van der Waals surface area contributed by atoms with Gasteiger partial charge in [-0.25, -0.2) is 5.26 Å². The molecule has 0 aliphatic heterocycles. The maximum atomic E-state index is 9.84. The van der Waals surface area contributed by atoms with Crippen molar-refractivity contribution in [1.29, 1.82) is 5.39 Å². The normalized spacial score (nSPS) is 23.1. The van der Waals surface area contributed by atoms with Crippen molar-refractivity contribution >= 4 is 5.70 Å². The van der Waals surface area contributed by atoms with Crippen LogP contribution in [0, 0.1) is 5.39 Å². The van der Waals surface area contributed by atoms with Gasteiger partial charge in [0, 0.05) is 12.7 Å². The number of benzene rings is 1. The van der Waals surface area contributed by atoms with Gasteiger partial charge in [0.05, 0.1) is 5.56 Å². The van der Waals surface area contributed by atoms with Gasteiger partial charge < -0.3 is 9.84 Å². The van der Waals surface area contributed by atoms with Crippen LogP contribution in [0.2, 0.25) is 0 Å². The molecule has 1 atom stereocenters. The molecule has 1 aliphatic carbocycles. The molecule has 0 heterocycles. The molecule has 0 saturated carbocycles. The molecule has 6 nitrogen and oxygen atoms in total. The molecular formula is C10H9N2O4+. The molecule has 2 N–H and O–H groups in total. The van der Waals surface area contributed by atoms with E-state index >= 15 is 0 Å². The van der Waals surface area contributed by atoms with E-state index in [4.69, 9.17) is 15.4 Å². The Hall–Kier alpha value is -1.94. The summed E-state index contributed by atoms with van der Waals surface area (Å²) in [6.45, 7) is 0. The lowest BCUT2D eigenvalue weighted by Gasteiger charge is -2.23. The van der Waals surface area contributed by atoms with Crippen molar-refractivity contribution in [2.75, 3.05) is 7.11 Å². The van der Waals surface area contributed by atoms with Crippen LogP contribution in [0.25, 0.3) is 10.7 Å². The van der Waals surface area contributed by atoms with E-state index in [0.29, 0.717) is 11.1 Å². The highest BCUT2D eigenvalue weighted by Crippen LogP contribution is 2.46. The Morgan fingerprint density at radius 3 is 2.62 bits per heavy atom. The molecule has 1 aromatic rings. The fraction of sp³-hybridized carbons (Fsp3) is 0.200. The minimum atomic E-state index is -1.82. The molecule has 0 saturated heterocycles. The van der Waals surface area contributed by atoms with Crippen molar-refractivity contribution < 1.29 is 20.0 Å².